The van der Waals surface area contributed by atoms with Gasteiger partial charge in [0.1, 0.15) is 6.54 Å². The highest BCUT2D eigenvalue weighted by Crippen LogP contribution is 2.28. The molecule has 3 aromatic rings. The van der Waals surface area contributed by atoms with Gasteiger partial charge in [-0.1, -0.05) is 48.5 Å². The third-order valence-electron chi connectivity index (χ3n) is 5.90. The van der Waals surface area contributed by atoms with Gasteiger partial charge in [-0.15, -0.1) is 17.9 Å². The fourth-order valence-corrected chi connectivity index (χ4v) is 4.63. The summed E-state index contributed by atoms with van der Waals surface area (Å²) in [6, 6.07) is 19.7. The van der Waals surface area contributed by atoms with Crippen LogP contribution in [0.3, 0.4) is 0 Å². The fraction of sp³-hybridized carbons (Fsp3) is 0.310. The van der Waals surface area contributed by atoms with Gasteiger partial charge in [0.15, 0.2) is 11.5 Å². The molecular weight excluding hydrogens is 472 g/mol. The van der Waals surface area contributed by atoms with Crippen LogP contribution in [0.15, 0.2) is 78.7 Å². The molecular formula is C29H34N2O4S. The predicted molar refractivity (Wildman–Crippen MR) is 145 cm³/mol. The lowest BCUT2D eigenvalue weighted by molar-refractivity contribution is -0.140. The van der Waals surface area contributed by atoms with Gasteiger partial charge in [0.05, 0.1) is 20.8 Å². The summed E-state index contributed by atoms with van der Waals surface area (Å²) in [5.41, 5.74) is 2.14. The lowest BCUT2D eigenvalue weighted by Gasteiger charge is -2.27. The maximum absolute atomic E-state index is 13.4. The van der Waals surface area contributed by atoms with Crippen LogP contribution in [-0.4, -0.2) is 55.5 Å². The van der Waals surface area contributed by atoms with Crippen LogP contribution in [0.4, 0.5) is 0 Å². The van der Waals surface area contributed by atoms with Gasteiger partial charge in [-0.3, -0.25) is 9.59 Å². The number of carbonyl (C=O) groups excluding carboxylic acids is 2. The molecule has 0 atom stereocenters. The van der Waals surface area contributed by atoms with E-state index in [-0.39, 0.29) is 18.4 Å². The maximum Gasteiger partial charge on any atom is 0.242 e. The molecule has 0 fully saturated rings. The molecule has 0 bridgehead atoms. The van der Waals surface area contributed by atoms with Crippen molar-refractivity contribution in [3.8, 4) is 11.5 Å². The Morgan fingerprint density at radius 1 is 0.889 bits per heavy atom. The second-order valence-electron chi connectivity index (χ2n) is 8.38. The Morgan fingerprint density at radius 3 is 2.33 bits per heavy atom. The highest BCUT2D eigenvalue weighted by Gasteiger charge is 2.21. The monoisotopic (exact) mass is 506 g/mol. The Labute approximate surface area is 217 Å². The highest BCUT2D eigenvalue weighted by atomic mass is 32.1. The number of nitrogens with zero attached hydrogens (tertiary/aromatic N) is 2. The van der Waals surface area contributed by atoms with E-state index in [0.29, 0.717) is 50.4 Å². The highest BCUT2D eigenvalue weighted by molar-refractivity contribution is 7.09. The normalized spacial score (nSPS) is 10.5. The third kappa shape index (κ3) is 7.99. The molecule has 2 amide bonds. The average molecular weight is 507 g/mol. The summed E-state index contributed by atoms with van der Waals surface area (Å²) in [4.78, 5) is 30.9. The van der Waals surface area contributed by atoms with Gasteiger partial charge < -0.3 is 19.3 Å². The summed E-state index contributed by atoms with van der Waals surface area (Å²) in [5.74, 6) is 1.19. The zero-order valence-electron chi connectivity index (χ0n) is 21.0. The minimum absolute atomic E-state index is 0.0248. The number of aryl methyl sites for hydroxylation is 1. The van der Waals surface area contributed by atoms with E-state index in [1.165, 1.54) is 0 Å². The summed E-state index contributed by atoms with van der Waals surface area (Å²) >= 11 is 1.62. The molecule has 1 heterocycles. The molecule has 0 aliphatic heterocycles. The first kappa shape index (κ1) is 27.0. The molecule has 1 aromatic heterocycles. The first-order valence-corrected chi connectivity index (χ1v) is 12.9. The molecule has 0 aliphatic rings. The molecule has 0 N–H and O–H groups in total. The zero-order chi connectivity index (χ0) is 25.8. The largest absolute Gasteiger partial charge is 0.493 e. The van der Waals surface area contributed by atoms with Gasteiger partial charge in [0.25, 0.3) is 0 Å². The number of hydrogen-bond acceptors (Lipinski definition) is 5. The van der Waals surface area contributed by atoms with Crippen molar-refractivity contribution >= 4 is 23.2 Å². The number of hydrogen-bond donors (Lipinski definition) is 0. The summed E-state index contributed by atoms with van der Waals surface area (Å²) in [5, 5.41) is 2.00. The number of methoxy groups -OCH3 is 2. The molecule has 0 spiro atoms. The molecule has 0 radical (unpaired) electrons. The van der Waals surface area contributed by atoms with Crippen molar-refractivity contribution in [3.63, 3.8) is 0 Å². The van der Waals surface area contributed by atoms with Crippen molar-refractivity contribution in [2.24, 2.45) is 0 Å². The molecule has 2 aromatic carbocycles. The summed E-state index contributed by atoms with van der Waals surface area (Å²) in [6.45, 7) is 5.17. The quantitative estimate of drug-likeness (QED) is 0.289. The number of amides is 2. The standard InChI is InChI=1S/C29H34N2O4S/c1-4-17-30(28(32)15-13-23-9-6-5-7-10-23)22-29(33)31(21-25-11-8-19-36-25)18-16-24-12-14-26(34-2)27(20-24)35-3/h4-12,14,19-20H,1,13,15-18,21-22H2,2-3H3. The van der Waals surface area contributed by atoms with Crippen LogP contribution in [-0.2, 0) is 29.0 Å². The van der Waals surface area contributed by atoms with Crippen molar-refractivity contribution in [1.29, 1.82) is 0 Å². The molecule has 0 aliphatic carbocycles. The van der Waals surface area contributed by atoms with Gasteiger partial charge >= 0.3 is 0 Å². The Morgan fingerprint density at radius 2 is 1.67 bits per heavy atom. The maximum atomic E-state index is 13.4. The molecule has 190 valence electrons. The number of rotatable bonds is 14. The molecule has 6 nitrogen and oxygen atoms in total. The molecule has 0 unspecified atom stereocenters. The second kappa shape index (κ2) is 14.1. The van der Waals surface area contributed by atoms with E-state index in [0.717, 1.165) is 16.0 Å². The van der Waals surface area contributed by atoms with E-state index in [1.54, 1.807) is 36.5 Å². The van der Waals surface area contributed by atoms with Crippen LogP contribution < -0.4 is 9.47 Å². The Kier molecular flexibility index (Phi) is 10.6. The smallest absolute Gasteiger partial charge is 0.242 e. The zero-order valence-corrected chi connectivity index (χ0v) is 21.8. The van der Waals surface area contributed by atoms with E-state index in [1.807, 2.05) is 70.9 Å². The fourth-order valence-electron chi connectivity index (χ4n) is 3.91. The molecule has 0 saturated carbocycles. The van der Waals surface area contributed by atoms with Crippen LogP contribution in [0.2, 0.25) is 0 Å². The van der Waals surface area contributed by atoms with Crippen molar-refractivity contribution in [2.75, 3.05) is 33.9 Å². The van der Waals surface area contributed by atoms with Crippen LogP contribution in [0.5, 0.6) is 11.5 Å². The average Bonchev–Trinajstić information content (AvgIpc) is 3.43. The molecule has 7 heteroatoms. The Bertz CT molecular complexity index is 1120. The summed E-state index contributed by atoms with van der Waals surface area (Å²) < 4.78 is 10.7. The van der Waals surface area contributed by atoms with E-state index >= 15 is 0 Å². The van der Waals surface area contributed by atoms with Crippen LogP contribution in [0, 0.1) is 0 Å². The topological polar surface area (TPSA) is 59.1 Å². The van der Waals surface area contributed by atoms with Crippen molar-refractivity contribution < 1.29 is 19.1 Å². The Hall–Kier alpha value is -3.58. The number of benzene rings is 2. The minimum atomic E-state index is -0.0845. The van der Waals surface area contributed by atoms with Crippen molar-refractivity contribution in [3.05, 3.63) is 94.7 Å². The van der Waals surface area contributed by atoms with E-state index in [9.17, 15) is 9.59 Å². The first-order chi connectivity index (χ1) is 17.5. The first-order valence-electron chi connectivity index (χ1n) is 12.0. The van der Waals surface area contributed by atoms with Gasteiger partial charge in [-0.2, -0.15) is 0 Å². The van der Waals surface area contributed by atoms with E-state index in [4.69, 9.17) is 9.47 Å². The van der Waals surface area contributed by atoms with E-state index in [2.05, 4.69) is 6.58 Å². The lowest BCUT2D eigenvalue weighted by Crippen LogP contribution is -2.43. The number of ether oxygens (including phenoxy) is 2. The van der Waals surface area contributed by atoms with Gasteiger partial charge in [0.2, 0.25) is 11.8 Å². The van der Waals surface area contributed by atoms with Crippen molar-refractivity contribution in [1.82, 2.24) is 9.80 Å². The van der Waals surface area contributed by atoms with Crippen LogP contribution >= 0.6 is 11.3 Å². The molecule has 0 saturated heterocycles. The van der Waals surface area contributed by atoms with E-state index < -0.39 is 0 Å². The lowest BCUT2D eigenvalue weighted by atomic mass is 10.1. The second-order valence-corrected chi connectivity index (χ2v) is 9.41. The predicted octanol–water partition coefficient (Wildman–Crippen LogP) is 4.98. The van der Waals surface area contributed by atoms with Crippen molar-refractivity contribution in [2.45, 2.75) is 25.8 Å². The molecule has 36 heavy (non-hydrogen) atoms. The SMILES string of the molecule is C=CCN(CC(=O)N(CCc1ccc(OC)c(OC)c1)Cc1cccs1)C(=O)CCc1ccccc1. The van der Waals surface area contributed by atoms with Crippen LogP contribution in [0.25, 0.3) is 0 Å². The minimum Gasteiger partial charge on any atom is -0.493 e. The molecule has 3 rings (SSSR count). The van der Waals surface area contributed by atoms with Gasteiger partial charge in [-0.25, -0.2) is 0 Å². The summed E-state index contributed by atoms with van der Waals surface area (Å²) in [6.07, 6.45) is 3.31. The third-order valence-corrected chi connectivity index (χ3v) is 6.76. The van der Waals surface area contributed by atoms with Gasteiger partial charge in [-0.05, 0) is 47.5 Å². The number of carbonyl (C=O) groups is 2. The van der Waals surface area contributed by atoms with Crippen LogP contribution in [0.1, 0.15) is 22.4 Å². The summed E-state index contributed by atoms with van der Waals surface area (Å²) in [7, 11) is 3.21. The van der Waals surface area contributed by atoms with Gasteiger partial charge in [0, 0.05) is 24.4 Å². The number of thiophene rings is 1. The Balaban J connectivity index is 1.68.